The number of carbonyl (C=O) groups excluding carboxylic acids is 1. The number of benzene rings is 1. The summed E-state index contributed by atoms with van der Waals surface area (Å²) in [4.78, 5) is 17.2. The summed E-state index contributed by atoms with van der Waals surface area (Å²) < 4.78 is 0. The quantitative estimate of drug-likeness (QED) is 0.888. The van der Waals surface area contributed by atoms with Gasteiger partial charge in [0.2, 0.25) is 5.91 Å². The summed E-state index contributed by atoms with van der Waals surface area (Å²) in [5.74, 6) is 0.621. The lowest BCUT2D eigenvalue weighted by Gasteiger charge is -2.21. The molecule has 0 fully saturated rings. The van der Waals surface area contributed by atoms with Gasteiger partial charge >= 0.3 is 0 Å². The third-order valence-corrected chi connectivity index (χ3v) is 4.46. The molecule has 0 saturated heterocycles. The smallest absolute Gasteiger partial charge is 0.226 e. The van der Waals surface area contributed by atoms with Crippen LogP contribution in [0.5, 0.6) is 0 Å². The molecule has 0 radical (unpaired) electrons. The molecule has 1 aromatic heterocycles. The van der Waals surface area contributed by atoms with Crippen LogP contribution in [0.15, 0.2) is 24.3 Å². The molecule has 2 heterocycles. The molecule has 0 unspecified atom stereocenters. The molecule has 1 atom stereocenters. The van der Waals surface area contributed by atoms with Crippen molar-refractivity contribution in [2.75, 3.05) is 17.7 Å². The molecular weight excluding hydrogens is 272 g/mol. The van der Waals surface area contributed by atoms with Crippen LogP contribution in [0.2, 0.25) is 0 Å². The van der Waals surface area contributed by atoms with Gasteiger partial charge in [-0.05, 0) is 17.7 Å². The van der Waals surface area contributed by atoms with Crippen molar-refractivity contribution < 1.29 is 4.79 Å². The van der Waals surface area contributed by atoms with Crippen molar-refractivity contribution in [3.63, 3.8) is 0 Å². The zero-order valence-electron chi connectivity index (χ0n) is 10.8. The molecule has 0 saturated carbocycles. The second-order valence-corrected chi connectivity index (χ2v) is 5.55. The molecule has 2 aromatic rings. The van der Waals surface area contributed by atoms with E-state index in [4.69, 9.17) is 5.26 Å². The lowest BCUT2D eigenvalue weighted by Crippen LogP contribution is -2.22. The van der Waals surface area contributed by atoms with E-state index in [-0.39, 0.29) is 11.8 Å². The first-order valence-corrected chi connectivity index (χ1v) is 7.01. The predicted molar refractivity (Wildman–Crippen MR) is 77.9 cm³/mol. The maximum Gasteiger partial charge on any atom is 0.226 e. The van der Waals surface area contributed by atoms with Gasteiger partial charge in [-0.2, -0.15) is 5.26 Å². The fourth-order valence-corrected chi connectivity index (χ4v) is 3.29. The van der Waals surface area contributed by atoms with Gasteiger partial charge in [-0.1, -0.05) is 23.5 Å². The van der Waals surface area contributed by atoms with Crippen LogP contribution < -0.4 is 10.6 Å². The first-order chi connectivity index (χ1) is 9.71. The van der Waals surface area contributed by atoms with E-state index in [1.807, 2.05) is 19.2 Å². The van der Waals surface area contributed by atoms with E-state index in [2.05, 4.69) is 21.7 Å². The van der Waals surface area contributed by atoms with Gasteiger partial charge in [-0.3, -0.25) is 4.79 Å². The Morgan fingerprint density at radius 1 is 1.45 bits per heavy atom. The molecular formula is C14H12N4OS. The fraction of sp³-hybridized carbons (Fsp3) is 0.214. The summed E-state index contributed by atoms with van der Waals surface area (Å²) in [6.45, 7) is 0. The number of nitriles is 1. The third-order valence-electron chi connectivity index (χ3n) is 3.27. The zero-order valence-corrected chi connectivity index (χ0v) is 11.6. The molecule has 0 spiro atoms. The molecule has 0 bridgehead atoms. The molecule has 0 aliphatic carbocycles. The molecule has 2 N–H and O–H groups in total. The van der Waals surface area contributed by atoms with Crippen LogP contribution >= 0.6 is 11.3 Å². The van der Waals surface area contributed by atoms with E-state index in [0.29, 0.717) is 17.8 Å². The Morgan fingerprint density at radius 2 is 2.20 bits per heavy atom. The number of hydrogen-bond donors (Lipinski definition) is 2. The number of nitrogens with zero attached hydrogens (tertiary/aromatic N) is 2. The first kappa shape index (κ1) is 12.6. The molecule has 20 heavy (non-hydrogen) atoms. The number of hydrogen-bond acceptors (Lipinski definition) is 5. The van der Waals surface area contributed by atoms with Crippen molar-refractivity contribution in [3.8, 4) is 6.07 Å². The molecule has 1 amide bonds. The summed E-state index contributed by atoms with van der Waals surface area (Å²) in [6, 6.07) is 9.47. The first-order valence-electron chi connectivity index (χ1n) is 6.19. The van der Waals surface area contributed by atoms with Crippen molar-refractivity contribution >= 4 is 28.2 Å². The van der Waals surface area contributed by atoms with Crippen molar-refractivity contribution in [2.45, 2.75) is 12.3 Å². The highest BCUT2D eigenvalue weighted by Gasteiger charge is 2.30. The number of nitrogens with one attached hydrogen (secondary N) is 2. The lowest BCUT2D eigenvalue weighted by molar-refractivity contribution is -0.116. The molecule has 3 rings (SSSR count). The summed E-state index contributed by atoms with van der Waals surface area (Å²) in [7, 11) is 1.81. The van der Waals surface area contributed by atoms with E-state index in [1.54, 1.807) is 23.5 Å². The van der Waals surface area contributed by atoms with Crippen LogP contribution in [-0.2, 0) is 4.79 Å². The number of aromatic nitrogens is 1. The molecule has 6 heteroatoms. The van der Waals surface area contributed by atoms with E-state index in [1.165, 1.54) is 0 Å². The minimum atomic E-state index is -0.0280. The lowest BCUT2D eigenvalue weighted by atomic mass is 9.91. The van der Waals surface area contributed by atoms with Crippen LogP contribution in [0.1, 0.15) is 28.3 Å². The maximum atomic E-state index is 11.8. The average molecular weight is 284 g/mol. The van der Waals surface area contributed by atoms with E-state index in [9.17, 15) is 4.79 Å². The summed E-state index contributed by atoms with van der Waals surface area (Å²) in [5, 5.41) is 15.4. The van der Waals surface area contributed by atoms with Gasteiger partial charge in [-0.15, -0.1) is 0 Å². The van der Waals surface area contributed by atoms with Gasteiger partial charge in [-0.25, -0.2) is 4.98 Å². The van der Waals surface area contributed by atoms with Gasteiger partial charge in [0.25, 0.3) is 0 Å². The van der Waals surface area contributed by atoms with Gasteiger partial charge in [0.15, 0.2) is 5.13 Å². The molecule has 5 nitrogen and oxygen atoms in total. The van der Waals surface area contributed by atoms with Crippen LogP contribution in [0, 0.1) is 11.3 Å². The number of anilines is 2. The maximum absolute atomic E-state index is 11.8. The number of thiazole rings is 1. The molecule has 1 aromatic carbocycles. The van der Waals surface area contributed by atoms with Crippen LogP contribution in [0.3, 0.4) is 0 Å². The Hall–Kier alpha value is -2.39. The van der Waals surface area contributed by atoms with Gasteiger partial charge in [0, 0.05) is 19.4 Å². The highest BCUT2D eigenvalue weighted by molar-refractivity contribution is 7.16. The van der Waals surface area contributed by atoms with Gasteiger partial charge < -0.3 is 10.6 Å². The fourth-order valence-electron chi connectivity index (χ4n) is 2.28. The summed E-state index contributed by atoms with van der Waals surface area (Å²) in [5.41, 5.74) is 1.65. The normalized spacial score (nSPS) is 17.0. The van der Waals surface area contributed by atoms with Crippen LogP contribution in [0.25, 0.3) is 0 Å². The van der Waals surface area contributed by atoms with Gasteiger partial charge in [0.1, 0.15) is 5.82 Å². The number of rotatable bonds is 2. The third kappa shape index (κ3) is 2.12. The number of fused-ring (bicyclic) bond motifs is 1. The van der Waals surface area contributed by atoms with E-state index >= 15 is 0 Å². The Kier molecular flexibility index (Phi) is 3.12. The monoisotopic (exact) mass is 284 g/mol. The molecule has 1 aliphatic heterocycles. The Balaban J connectivity index is 2.03. The van der Waals surface area contributed by atoms with E-state index in [0.717, 1.165) is 15.6 Å². The van der Waals surface area contributed by atoms with Gasteiger partial charge in [0.05, 0.1) is 16.5 Å². The minimum Gasteiger partial charge on any atom is -0.365 e. The van der Waals surface area contributed by atoms with Crippen LogP contribution in [-0.4, -0.2) is 17.9 Å². The second kappa shape index (κ2) is 4.94. The van der Waals surface area contributed by atoms with Crippen molar-refractivity contribution in [1.82, 2.24) is 4.98 Å². The van der Waals surface area contributed by atoms with Crippen molar-refractivity contribution in [2.24, 2.45) is 0 Å². The average Bonchev–Trinajstić information content (AvgIpc) is 2.89. The highest BCUT2D eigenvalue weighted by Crippen LogP contribution is 2.42. The highest BCUT2D eigenvalue weighted by atomic mass is 32.1. The minimum absolute atomic E-state index is 0.00564. The molecule has 1 aliphatic rings. The second-order valence-electron chi connectivity index (χ2n) is 4.52. The SMILES string of the molecule is CNc1nc2c(s1)[C@H](c1ccc(C#N)cc1)CC(=O)N2. The largest absolute Gasteiger partial charge is 0.365 e. The van der Waals surface area contributed by atoms with E-state index < -0.39 is 0 Å². The standard InChI is InChI=1S/C14H12N4OS/c1-16-14-18-13-12(20-14)10(6-11(19)17-13)9-4-2-8(7-15)3-5-9/h2-5,10H,6H2,1H3,(H,16,18)(H,17,19)/t10-/m0/s1. The number of carbonyl (C=O) groups is 1. The van der Waals surface area contributed by atoms with Crippen molar-refractivity contribution in [1.29, 1.82) is 5.26 Å². The number of amides is 1. The Bertz CT molecular complexity index is 699. The van der Waals surface area contributed by atoms with Crippen LogP contribution in [0.4, 0.5) is 10.9 Å². The van der Waals surface area contributed by atoms with Crippen molar-refractivity contribution in [3.05, 3.63) is 40.3 Å². The Labute approximate surface area is 120 Å². The Morgan fingerprint density at radius 3 is 2.85 bits per heavy atom. The zero-order chi connectivity index (χ0) is 14.1. The summed E-state index contributed by atoms with van der Waals surface area (Å²) >= 11 is 1.55. The summed E-state index contributed by atoms with van der Waals surface area (Å²) in [6.07, 6.45) is 0.407. The molecule has 100 valence electrons. The predicted octanol–water partition coefficient (Wildman–Crippen LogP) is 2.53. The topological polar surface area (TPSA) is 77.8 Å².